The van der Waals surface area contributed by atoms with Crippen LogP contribution >= 0.6 is 0 Å². The number of aryl methyl sites for hydroxylation is 1. The first-order valence-corrected chi connectivity index (χ1v) is 7.52. The van der Waals surface area contributed by atoms with E-state index >= 15 is 0 Å². The van der Waals surface area contributed by atoms with Crippen molar-refractivity contribution in [3.63, 3.8) is 0 Å². The molecule has 3 aromatic rings. The van der Waals surface area contributed by atoms with Gasteiger partial charge < -0.3 is 10.1 Å². The molecule has 120 valence electrons. The van der Waals surface area contributed by atoms with Gasteiger partial charge in [-0.1, -0.05) is 30.3 Å². The van der Waals surface area contributed by atoms with Crippen molar-refractivity contribution in [3.8, 4) is 17.1 Å². The molecule has 0 fully saturated rings. The molecule has 1 heterocycles. The van der Waals surface area contributed by atoms with Crippen molar-refractivity contribution in [1.29, 1.82) is 0 Å². The Morgan fingerprint density at radius 3 is 2.46 bits per heavy atom. The fourth-order valence-corrected chi connectivity index (χ4v) is 2.28. The first-order valence-electron chi connectivity index (χ1n) is 7.52. The average molecular weight is 319 g/mol. The minimum Gasteiger partial charge on any atom is -0.480 e. The summed E-state index contributed by atoms with van der Waals surface area (Å²) in [5.74, 6) is 0.320. The summed E-state index contributed by atoms with van der Waals surface area (Å²) in [5, 5.41) is 11.1. The van der Waals surface area contributed by atoms with Gasteiger partial charge in [0.05, 0.1) is 12.8 Å². The van der Waals surface area contributed by atoms with Crippen LogP contribution < -0.4 is 10.1 Å². The summed E-state index contributed by atoms with van der Waals surface area (Å²) in [5.41, 5.74) is 3.93. The van der Waals surface area contributed by atoms with Gasteiger partial charge >= 0.3 is 0 Å². The summed E-state index contributed by atoms with van der Waals surface area (Å²) in [6.07, 6.45) is 0. The van der Waals surface area contributed by atoms with Gasteiger partial charge in [-0.15, -0.1) is 10.2 Å². The number of ether oxygens (including phenoxy) is 1. The Kier molecular flexibility index (Phi) is 4.52. The summed E-state index contributed by atoms with van der Waals surface area (Å²) in [4.78, 5) is 12.3. The maximum absolute atomic E-state index is 12.3. The topological polar surface area (TPSA) is 64.1 Å². The van der Waals surface area contributed by atoms with Crippen LogP contribution in [-0.2, 0) is 0 Å². The summed E-state index contributed by atoms with van der Waals surface area (Å²) in [7, 11) is 1.55. The van der Waals surface area contributed by atoms with Crippen LogP contribution in [0.1, 0.15) is 15.9 Å². The van der Waals surface area contributed by atoms with E-state index < -0.39 is 0 Å². The van der Waals surface area contributed by atoms with Crippen LogP contribution in [0.5, 0.6) is 5.88 Å². The highest BCUT2D eigenvalue weighted by atomic mass is 16.5. The quantitative estimate of drug-likeness (QED) is 0.796. The molecule has 0 spiro atoms. The van der Waals surface area contributed by atoms with Gasteiger partial charge in [-0.05, 0) is 36.8 Å². The molecule has 0 atom stereocenters. The molecular weight excluding hydrogens is 302 g/mol. The predicted octanol–water partition coefficient (Wildman–Crippen LogP) is 3.71. The molecule has 1 aromatic heterocycles. The van der Waals surface area contributed by atoms with Crippen molar-refractivity contribution in [2.45, 2.75) is 6.92 Å². The van der Waals surface area contributed by atoms with E-state index in [0.29, 0.717) is 17.1 Å². The average Bonchev–Trinajstić information content (AvgIpc) is 2.64. The molecule has 0 radical (unpaired) electrons. The molecule has 0 bridgehead atoms. The molecule has 0 saturated heterocycles. The molecule has 1 N–H and O–H groups in total. The summed E-state index contributed by atoms with van der Waals surface area (Å²) in [6.45, 7) is 1.95. The fourth-order valence-electron chi connectivity index (χ4n) is 2.28. The number of carbonyl (C=O) groups excluding carboxylic acids is 1. The number of amides is 1. The van der Waals surface area contributed by atoms with E-state index in [0.717, 1.165) is 16.8 Å². The SMILES string of the molecule is COc1ccc(-c2ccc(C)c(NC(=O)c3ccccc3)c2)nn1. The zero-order chi connectivity index (χ0) is 16.9. The third-order valence-corrected chi connectivity index (χ3v) is 3.67. The molecule has 0 aliphatic rings. The van der Waals surface area contributed by atoms with Crippen LogP contribution in [0.2, 0.25) is 0 Å². The maximum Gasteiger partial charge on any atom is 0.255 e. The minimum atomic E-state index is -0.142. The molecular formula is C19H17N3O2. The van der Waals surface area contributed by atoms with E-state index in [1.54, 1.807) is 25.3 Å². The van der Waals surface area contributed by atoms with Gasteiger partial charge in [0, 0.05) is 22.9 Å². The fraction of sp³-hybridized carbons (Fsp3) is 0.105. The van der Waals surface area contributed by atoms with Crippen LogP contribution in [0.3, 0.4) is 0 Å². The molecule has 0 unspecified atom stereocenters. The molecule has 24 heavy (non-hydrogen) atoms. The lowest BCUT2D eigenvalue weighted by molar-refractivity contribution is 0.102. The molecule has 0 aliphatic carbocycles. The van der Waals surface area contributed by atoms with E-state index in [1.165, 1.54) is 0 Å². The first kappa shape index (κ1) is 15.7. The second-order valence-corrected chi connectivity index (χ2v) is 5.31. The van der Waals surface area contributed by atoms with E-state index in [-0.39, 0.29) is 5.91 Å². The second-order valence-electron chi connectivity index (χ2n) is 5.31. The van der Waals surface area contributed by atoms with Crippen LogP contribution in [0.15, 0.2) is 60.7 Å². The molecule has 3 rings (SSSR count). The highest BCUT2D eigenvalue weighted by Gasteiger charge is 2.09. The zero-order valence-electron chi connectivity index (χ0n) is 13.5. The number of benzene rings is 2. The minimum absolute atomic E-state index is 0.142. The molecule has 0 aliphatic heterocycles. The second kappa shape index (κ2) is 6.91. The lowest BCUT2D eigenvalue weighted by Gasteiger charge is -2.10. The smallest absolute Gasteiger partial charge is 0.255 e. The largest absolute Gasteiger partial charge is 0.480 e. The van der Waals surface area contributed by atoms with Gasteiger partial charge in [-0.25, -0.2) is 0 Å². The Balaban J connectivity index is 1.87. The molecule has 2 aromatic carbocycles. The number of methoxy groups -OCH3 is 1. The predicted molar refractivity (Wildman–Crippen MR) is 93.2 cm³/mol. The van der Waals surface area contributed by atoms with Gasteiger partial charge in [-0.3, -0.25) is 4.79 Å². The Hall–Kier alpha value is -3.21. The van der Waals surface area contributed by atoms with Gasteiger partial charge in [0.1, 0.15) is 0 Å². The number of rotatable bonds is 4. The van der Waals surface area contributed by atoms with Gasteiger partial charge in [-0.2, -0.15) is 0 Å². The molecule has 1 amide bonds. The summed E-state index contributed by atoms with van der Waals surface area (Å²) < 4.78 is 5.02. The monoisotopic (exact) mass is 319 g/mol. The number of carbonyl (C=O) groups is 1. The van der Waals surface area contributed by atoms with Crippen LogP contribution in [-0.4, -0.2) is 23.2 Å². The van der Waals surface area contributed by atoms with E-state index in [9.17, 15) is 4.79 Å². The van der Waals surface area contributed by atoms with E-state index in [2.05, 4.69) is 15.5 Å². The Bertz CT molecular complexity index is 846. The molecule has 5 heteroatoms. The van der Waals surface area contributed by atoms with Crippen molar-refractivity contribution >= 4 is 11.6 Å². The lowest BCUT2D eigenvalue weighted by atomic mass is 10.1. The molecule has 0 saturated carbocycles. The van der Waals surface area contributed by atoms with Gasteiger partial charge in [0.25, 0.3) is 5.91 Å². The van der Waals surface area contributed by atoms with Crippen LogP contribution in [0.4, 0.5) is 5.69 Å². The van der Waals surface area contributed by atoms with Crippen molar-refractivity contribution in [1.82, 2.24) is 10.2 Å². The van der Waals surface area contributed by atoms with Crippen LogP contribution in [0, 0.1) is 6.92 Å². The third kappa shape index (κ3) is 3.41. The van der Waals surface area contributed by atoms with Gasteiger partial charge in [0.2, 0.25) is 5.88 Å². The van der Waals surface area contributed by atoms with Crippen molar-refractivity contribution < 1.29 is 9.53 Å². The summed E-state index contributed by atoms with van der Waals surface area (Å²) in [6, 6.07) is 18.5. The van der Waals surface area contributed by atoms with E-state index in [1.807, 2.05) is 49.4 Å². The zero-order valence-corrected chi connectivity index (χ0v) is 13.5. The van der Waals surface area contributed by atoms with Crippen molar-refractivity contribution in [2.24, 2.45) is 0 Å². The Labute approximate surface area is 140 Å². The number of nitrogens with zero attached hydrogens (tertiary/aromatic N) is 2. The van der Waals surface area contributed by atoms with Crippen molar-refractivity contribution in [3.05, 3.63) is 71.8 Å². The normalized spacial score (nSPS) is 10.2. The number of anilines is 1. The highest BCUT2D eigenvalue weighted by molar-refractivity contribution is 6.04. The Morgan fingerprint density at radius 1 is 1.00 bits per heavy atom. The first-order chi connectivity index (χ1) is 11.7. The molecule has 5 nitrogen and oxygen atoms in total. The Morgan fingerprint density at radius 2 is 1.79 bits per heavy atom. The van der Waals surface area contributed by atoms with Crippen LogP contribution in [0.25, 0.3) is 11.3 Å². The number of nitrogens with one attached hydrogen (secondary N) is 1. The lowest BCUT2D eigenvalue weighted by Crippen LogP contribution is -2.12. The number of aromatic nitrogens is 2. The maximum atomic E-state index is 12.3. The van der Waals surface area contributed by atoms with E-state index in [4.69, 9.17) is 4.74 Å². The number of hydrogen-bond acceptors (Lipinski definition) is 4. The highest BCUT2D eigenvalue weighted by Crippen LogP contribution is 2.25. The summed E-state index contributed by atoms with van der Waals surface area (Å²) >= 11 is 0. The van der Waals surface area contributed by atoms with Crippen molar-refractivity contribution in [2.75, 3.05) is 12.4 Å². The van der Waals surface area contributed by atoms with Gasteiger partial charge in [0.15, 0.2) is 0 Å². The third-order valence-electron chi connectivity index (χ3n) is 3.67. The number of hydrogen-bond donors (Lipinski definition) is 1. The standard InChI is InChI=1S/C19H17N3O2/c1-13-8-9-15(16-10-11-18(24-2)22-21-16)12-17(13)20-19(23)14-6-4-3-5-7-14/h3-12H,1-2H3,(H,20,23).